The van der Waals surface area contributed by atoms with Gasteiger partial charge in [0.2, 0.25) is 0 Å². The lowest BCUT2D eigenvalue weighted by molar-refractivity contribution is 0.419. The monoisotopic (exact) mass is 332 g/mol. The lowest BCUT2D eigenvalue weighted by Gasteiger charge is -2.10. The van der Waals surface area contributed by atoms with Crippen molar-refractivity contribution in [2.75, 3.05) is 14.2 Å². The molecule has 3 aromatic rings. The summed E-state index contributed by atoms with van der Waals surface area (Å²) in [5.74, 6) is 0.880. The number of hydrogen-bond acceptors (Lipinski definition) is 3. The summed E-state index contributed by atoms with van der Waals surface area (Å²) in [6.07, 6.45) is 2.02. The van der Waals surface area contributed by atoms with E-state index in [1.54, 1.807) is 18.9 Å². The van der Waals surface area contributed by atoms with Crippen molar-refractivity contribution in [2.45, 2.75) is 16.3 Å². The highest BCUT2D eigenvalue weighted by Crippen LogP contribution is 2.39. The van der Waals surface area contributed by atoms with Gasteiger partial charge in [0.1, 0.15) is 5.75 Å². The third-order valence-electron chi connectivity index (χ3n) is 3.46. The fraction of sp³-hybridized carbons (Fsp3) is 0.176. The zero-order valence-corrected chi connectivity index (χ0v) is 14.0. The van der Waals surface area contributed by atoms with E-state index >= 15 is 0 Å². The first-order valence-corrected chi connectivity index (χ1v) is 8.17. The third-order valence-corrected chi connectivity index (χ3v) is 4.86. The number of fused-ring (bicyclic) bond motifs is 1. The Morgan fingerprint density at radius 1 is 1.23 bits per heavy atom. The molecule has 0 amide bonds. The van der Waals surface area contributed by atoms with E-state index in [1.165, 1.54) is 10.5 Å². The minimum absolute atomic E-state index is 0.756. The second kappa shape index (κ2) is 6.65. The summed E-state index contributed by atoms with van der Waals surface area (Å²) in [6.45, 7) is 0.780. The molecule has 2 N–H and O–H groups in total. The van der Waals surface area contributed by atoms with Crippen LogP contribution >= 0.6 is 23.4 Å². The number of aromatic amines is 1. The molecule has 114 valence electrons. The van der Waals surface area contributed by atoms with Crippen molar-refractivity contribution in [1.82, 2.24) is 10.3 Å². The second-order valence-corrected chi connectivity index (χ2v) is 6.44. The van der Waals surface area contributed by atoms with E-state index in [1.807, 2.05) is 37.5 Å². The summed E-state index contributed by atoms with van der Waals surface area (Å²) < 4.78 is 5.49. The molecule has 1 aromatic heterocycles. The highest BCUT2D eigenvalue weighted by Gasteiger charge is 2.12. The average molecular weight is 333 g/mol. The lowest BCUT2D eigenvalue weighted by Crippen LogP contribution is -2.06. The first-order valence-electron chi connectivity index (χ1n) is 6.98. The number of H-pyrrole nitrogens is 1. The Kier molecular flexibility index (Phi) is 4.62. The topological polar surface area (TPSA) is 37.0 Å². The van der Waals surface area contributed by atoms with Crippen molar-refractivity contribution in [3.05, 3.63) is 53.2 Å². The number of methoxy groups -OCH3 is 1. The normalized spacial score (nSPS) is 11.0. The third kappa shape index (κ3) is 2.95. The molecular formula is C17H17ClN2OS. The van der Waals surface area contributed by atoms with Gasteiger partial charge in [-0.2, -0.15) is 0 Å². The molecular weight excluding hydrogens is 316 g/mol. The van der Waals surface area contributed by atoms with E-state index in [0.717, 1.165) is 33.1 Å². The predicted molar refractivity (Wildman–Crippen MR) is 93.2 cm³/mol. The van der Waals surface area contributed by atoms with Crippen molar-refractivity contribution < 1.29 is 4.74 Å². The molecule has 0 aliphatic rings. The van der Waals surface area contributed by atoms with E-state index in [-0.39, 0.29) is 0 Å². The molecule has 0 spiro atoms. The molecule has 0 radical (unpaired) electrons. The Morgan fingerprint density at radius 3 is 2.86 bits per heavy atom. The smallest absolute Gasteiger partial charge is 0.129 e. The first-order chi connectivity index (χ1) is 10.7. The van der Waals surface area contributed by atoms with Gasteiger partial charge in [-0.05, 0) is 42.9 Å². The number of aromatic nitrogens is 1. The van der Waals surface area contributed by atoms with Gasteiger partial charge in [-0.1, -0.05) is 29.4 Å². The zero-order chi connectivity index (χ0) is 15.5. The predicted octanol–water partition coefficient (Wildman–Crippen LogP) is 4.70. The molecule has 5 heteroatoms. The second-order valence-electron chi connectivity index (χ2n) is 4.92. The standard InChI is InChI=1S/C17H17ClN2OS/c1-19-9-11-8-12(18)6-7-15(11)22-16-10-20-13-4-3-5-14(21-2)17(13)16/h3-8,10,19-20H,9H2,1-2H3. The summed E-state index contributed by atoms with van der Waals surface area (Å²) in [7, 11) is 3.63. The van der Waals surface area contributed by atoms with Gasteiger partial charge in [0.15, 0.2) is 0 Å². The fourth-order valence-electron chi connectivity index (χ4n) is 2.47. The van der Waals surface area contributed by atoms with Crippen LogP contribution in [0.1, 0.15) is 5.56 Å². The van der Waals surface area contributed by atoms with Crippen molar-refractivity contribution in [3.63, 3.8) is 0 Å². The number of nitrogens with one attached hydrogen (secondary N) is 2. The van der Waals surface area contributed by atoms with Crippen LogP contribution in [0.5, 0.6) is 5.75 Å². The molecule has 1 heterocycles. The van der Waals surface area contributed by atoms with Crippen LogP contribution in [0.3, 0.4) is 0 Å². The zero-order valence-electron chi connectivity index (χ0n) is 12.4. The summed E-state index contributed by atoms with van der Waals surface area (Å²) in [5.41, 5.74) is 2.26. The molecule has 0 atom stereocenters. The average Bonchev–Trinajstić information content (AvgIpc) is 2.93. The van der Waals surface area contributed by atoms with Gasteiger partial charge in [-0.25, -0.2) is 0 Å². The van der Waals surface area contributed by atoms with Gasteiger partial charge in [-0.3, -0.25) is 0 Å². The maximum Gasteiger partial charge on any atom is 0.129 e. The van der Waals surface area contributed by atoms with Gasteiger partial charge < -0.3 is 15.0 Å². The quantitative estimate of drug-likeness (QED) is 0.711. The highest BCUT2D eigenvalue weighted by molar-refractivity contribution is 7.99. The largest absolute Gasteiger partial charge is 0.496 e. The number of benzene rings is 2. The first kappa shape index (κ1) is 15.3. The maximum absolute atomic E-state index is 6.11. The van der Waals surface area contributed by atoms with Crippen LogP contribution < -0.4 is 10.1 Å². The molecule has 0 aliphatic carbocycles. The Balaban J connectivity index is 2.04. The minimum atomic E-state index is 0.756. The number of hydrogen-bond donors (Lipinski definition) is 2. The molecule has 0 saturated heterocycles. The van der Waals surface area contributed by atoms with Crippen molar-refractivity contribution in [3.8, 4) is 5.75 Å². The van der Waals surface area contributed by atoms with Crippen molar-refractivity contribution >= 4 is 34.3 Å². The van der Waals surface area contributed by atoms with Gasteiger partial charge in [0.05, 0.1) is 18.0 Å². The Morgan fingerprint density at radius 2 is 2.09 bits per heavy atom. The Hall–Kier alpha value is -1.62. The van der Waals surface area contributed by atoms with E-state index in [4.69, 9.17) is 16.3 Å². The van der Waals surface area contributed by atoms with Gasteiger partial charge >= 0.3 is 0 Å². The van der Waals surface area contributed by atoms with Crippen LogP contribution in [-0.4, -0.2) is 19.1 Å². The molecule has 2 aromatic carbocycles. The fourth-order valence-corrected chi connectivity index (χ4v) is 3.73. The van der Waals surface area contributed by atoms with Gasteiger partial charge in [0, 0.05) is 27.6 Å². The lowest BCUT2D eigenvalue weighted by atomic mass is 10.2. The minimum Gasteiger partial charge on any atom is -0.496 e. The molecule has 0 fully saturated rings. The van der Waals surface area contributed by atoms with Crippen LogP contribution in [0.25, 0.3) is 10.9 Å². The Labute approximate surface area is 139 Å². The number of halogens is 1. The van der Waals surface area contributed by atoms with Crippen molar-refractivity contribution in [1.29, 1.82) is 0 Å². The Bertz CT molecular complexity index is 800. The van der Waals surface area contributed by atoms with Crippen LogP contribution in [-0.2, 0) is 6.54 Å². The molecule has 0 aliphatic heterocycles. The SMILES string of the molecule is CNCc1cc(Cl)ccc1Sc1c[nH]c2cccc(OC)c12. The molecule has 3 rings (SSSR count). The van der Waals surface area contributed by atoms with Crippen LogP contribution in [0, 0.1) is 0 Å². The van der Waals surface area contributed by atoms with Crippen LogP contribution in [0.4, 0.5) is 0 Å². The van der Waals surface area contributed by atoms with E-state index in [2.05, 4.69) is 22.4 Å². The maximum atomic E-state index is 6.11. The number of rotatable bonds is 5. The summed E-state index contributed by atoms with van der Waals surface area (Å²) in [4.78, 5) is 5.63. The van der Waals surface area contributed by atoms with E-state index in [0.29, 0.717) is 0 Å². The van der Waals surface area contributed by atoms with Crippen LogP contribution in [0.15, 0.2) is 52.4 Å². The number of ether oxygens (including phenoxy) is 1. The van der Waals surface area contributed by atoms with E-state index < -0.39 is 0 Å². The van der Waals surface area contributed by atoms with Crippen molar-refractivity contribution in [2.24, 2.45) is 0 Å². The molecule has 22 heavy (non-hydrogen) atoms. The molecule has 0 unspecified atom stereocenters. The summed E-state index contributed by atoms with van der Waals surface area (Å²) in [5, 5.41) is 5.05. The summed E-state index contributed by atoms with van der Waals surface area (Å²) in [6, 6.07) is 12.0. The van der Waals surface area contributed by atoms with Gasteiger partial charge in [-0.15, -0.1) is 0 Å². The molecule has 3 nitrogen and oxygen atoms in total. The van der Waals surface area contributed by atoms with Crippen LogP contribution in [0.2, 0.25) is 5.02 Å². The molecule has 0 saturated carbocycles. The highest BCUT2D eigenvalue weighted by atomic mass is 35.5. The van der Waals surface area contributed by atoms with E-state index in [9.17, 15) is 0 Å². The van der Waals surface area contributed by atoms with Gasteiger partial charge in [0.25, 0.3) is 0 Å². The summed E-state index contributed by atoms with van der Waals surface area (Å²) >= 11 is 7.83. The molecule has 0 bridgehead atoms.